The first-order valence-corrected chi connectivity index (χ1v) is 6.55. The molecule has 5 heteroatoms. The van der Waals surface area contributed by atoms with Gasteiger partial charge >= 0.3 is 6.09 Å². The third-order valence-corrected chi connectivity index (χ3v) is 4.08. The maximum atomic E-state index is 13.4. The summed E-state index contributed by atoms with van der Waals surface area (Å²) in [6.45, 7) is 1.37. The summed E-state index contributed by atoms with van der Waals surface area (Å²) >= 11 is 0. The molecule has 2 fully saturated rings. The lowest BCUT2D eigenvalue weighted by molar-refractivity contribution is 0.157. The lowest BCUT2D eigenvalue weighted by atomic mass is 10.0. The van der Waals surface area contributed by atoms with E-state index in [1.165, 1.54) is 6.42 Å². The van der Waals surface area contributed by atoms with Gasteiger partial charge in [0, 0.05) is 19.2 Å². The van der Waals surface area contributed by atoms with Gasteiger partial charge in [0.1, 0.15) is 5.82 Å². The van der Waals surface area contributed by atoms with Crippen LogP contribution in [0.3, 0.4) is 0 Å². The molecule has 2 unspecified atom stereocenters. The monoisotopic (exact) mass is 267 g/mol. The summed E-state index contributed by atoms with van der Waals surface area (Å²) in [6.07, 6.45) is 2.99. The van der Waals surface area contributed by atoms with Gasteiger partial charge in [0.05, 0.1) is 0 Å². The minimum Gasteiger partial charge on any atom is -0.407 e. The lowest BCUT2D eigenvalue weighted by Gasteiger charge is -2.17. The second kappa shape index (κ2) is 4.79. The molecule has 1 amide bonds. The van der Waals surface area contributed by atoms with Gasteiger partial charge in [-0.15, -0.1) is 0 Å². The Bertz CT molecular complexity index is 494. The van der Waals surface area contributed by atoms with Crippen molar-refractivity contribution in [3.63, 3.8) is 0 Å². The van der Waals surface area contributed by atoms with Crippen LogP contribution in [-0.2, 0) is 0 Å². The van der Waals surface area contributed by atoms with E-state index in [2.05, 4.69) is 0 Å². The molecule has 3 rings (SSSR count). The van der Waals surface area contributed by atoms with Gasteiger partial charge in [0.15, 0.2) is 11.6 Å². The number of nitrogens with zero attached hydrogens (tertiary/aromatic N) is 1. The first-order valence-electron chi connectivity index (χ1n) is 6.55. The number of carbonyl (C=O) groups is 1. The van der Waals surface area contributed by atoms with Gasteiger partial charge in [0.25, 0.3) is 0 Å². The van der Waals surface area contributed by atoms with E-state index in [0.717, 1.165) is 25.0 Å². The highest BCUT2D eigenvalue weighted by Gasteiger charge is 2.38. The predicted octanol–water partition coefficient (Wildman–Crippen LogP) is 3.20. The first kappa shape index (κ1) is 12.4. The summed E-state index contributed by atoms with van der Waals surface area (Å²) in [5.74, 6) is -0.638. The standard InChI is InChI=1S/C14H15F2NO2/c15-11-4-5-13(12(16)6-11)19-14(18)17-7-9-2-1-3-10(9)8-17/h4-6,9-10H,1-3,7-8H2. The van der Waals surface area contributed by atoms with E-state index in [0.29, 0.717) is 31.0 Å². The van der Waals surface area contributed by atoms with Crippen molar-refractivity contribution < 1.29 is 18.3 Å². The summed E-state index contributed by atoms with van der Waals surface area (Å²) in [7, 11) is 0. The molecule has 1 aliphatic heterocycles. The number of fused-ring (bicyclic) bond motifs is 1. The molecule has 0 N–H and O–H groups in total. The molecule has 1 heterocycles. The van der Waals surface area contributed by atoms with Crippen LogP contribution in [0.15, 0.2) is 18.2 Å². The number of likely N-dealkylation sites (tertiary alicyclic amines) is 1. The molecular weight excluding hydrogens is 252 g/mol. The Hall–Kier alpha value is -1.65. The largest absolute Gasteiger partial charge is 0.415 e. The van der Waals surface area contributed by atoms with Crippen molar-refractivity contribution in [2.24, 2.45) is 11.8 Å². The number of amides is 1. The molecule has 2 aliphatic rings. The SMILES string of the molecule is O=C(Oc1ccc(F)cc1F)N1CC2CCCC2C1. The van der Waals surface area contributed by atoms with Crippen molar-refractivity contribution in [2.45, 2.75) is 19.3 Å². The highest BCUT2D eigenvalue weighted by atomic mass is 19.1. The van der Waals surface area contributed by atoms with Crippen molar-refractivity contribution >= 4 is 6.09 Å². The maximum Gasteiger partial charge on any atom is 0.415 e. The zero-order valence-electron chi connectivity index (χ0n) is 10.4. The average molecular weight is 267 g/mol. The normalized spacial score (nSPS) is 25.5. The zero-order chi connectivity index (χ0) is 13.4. The topological polar surface area (TPSA) is 29.5 Å². The fourth-order valence-electron chi connectivity index (χ4n) is 3.10. The van der Waals surface area contributed by atoms with E-state index in [4.69, 9.17) is 4.74 Å². The van der Waals surface area contributed by atoms with Gasteiger partial charge in [0.2, 0.25) is 0 Å². The molecule has 1 aromatic rings. The first-order chi connectivity index (χ1) is 9.13. The number of rotatable bonds is 1. The molecule has 2 atom stereocenters. The van der Waals surface area contributed by atoms with Crippen molar-refractivity contribution in [1.82, 2.24) is 4.90 Å². The fourth-order valence-corrected chi connectivity index (χ4v) is 3.10. The minimum atomic E-state index is -0.854. The van der Waals surface area contributed by atoms with E-state index in [1.807, 2.05) is 0 Å². The highest BCUT2D eigenvalue weighted by Crippen LogP contribution is 2.38. The molecule has 3 nitrogen and oxygen atoms in total. The zero-order valence-corrected chi connectivity index (χ0v) is 10.4. The van der Waals surface area contributed by atoms with Crippen LogP contribution in [-0.4, -0.2) is 24.1 Å². The van der Waals surface area contributed by atoms with Gasteiger partial charge < -0.3 is 9.64 Å². The number of ether oxygens (including phenoxy) is 1. The summed E-state index contributed by atoms with van der Waals surface area (Å²) < 4.78 is 31.1. The lowest BCUT2D eigenvalue weighted by Crippen LogP contribution is -2.32. The molecule has 0 bridgehead atoms. The van der Waals surface area contributed by atoms with Crippen LogP contribution < -0.4 is 4.74 Å². The molecular formula is C14H15F2NO2. The summed E-state index contributed by atoms with van der Waals surface area (Å²) in [5, 5.41) is 0. The molecule has 102 valence electrons. The average Bonchev–Trinajstić information content (AvgIpc) is 2.93. The summed E-state index contributed by atoms with van der Waals surface area (Å²) in [6, 6.07) is 2.92. The van der Waals surface area contributed by atoms with E-state index in [1.54, 1.807) is 4.90 Å². The fraction of sp³-hybridized carbons (Fsp3) is 0.500. The van der Waals surface area contributed by atoms with Crippen LogP contribution in [0.25, 0.3) is 0 Å². The second-order valence-electron chi connectivity index (χ2n) is 5.30. The quantitative estimate of drug-likeness (QED) is 0.782. The molecule has 1 aliphatic carbocycles. The Kier molecular flexibility index (Phi) is 3.12. The van der Waals surface area contributed by atoms with E-state index < -0.39 is 17.7 Å². The smallest absolute Gasteiger partial charge is 0.407 e. The van der Waals surface area contributed by atoms with Gasteiger partial charge in [-0.3, -0.25) is 0 Å². The van der Waals surface area contributed by atoms with Gasteiger partial charge in [-0.2, -0.15) is 0 Å². The molecule has 1 saturated carbocycles. The predicted molar refractivity (Wildman–Crippen MR) is 64.8 cm³/mol. The van der Waals surface area contributed by atoms with Crippen LogP contribution in [0.1, 0.15) is 19.3 Å². The van der Waals surface area contributed by atoms with Crippen LogP contribution in [0, 0.1) is 23.5 Å². The Labute approximate surface area is 110 Å². The van der Waals surface area contributed by atoms with E-state index >= 15 is 0 Å². The summed E-state index contributed by atoms with van der Waals surface area (Å²) in [5.41, 5.74) is 0. The molecule has 19 heavy (non-hydrogen) atoms. The van der Waals surface area contributed by atoms with Crippen LogP contribution in [0.2, 0.25) is 0 Å². The van der Waals surface area contributed by atoms with E-state index in [9.17, 15) is 13.6 Å². The Balaban J connectivity index is 1.65. The van der Waals surface area contributed by atoms with Crippen LogP contribution in [0.5, 0.6) is 5.75 Å². The van der Waals surface area contributed by atoms with Crippen LogP contribution in [0.4, 0.5) is 13.6 Å². The third kappa shape index (κ3) is 2.41. The number of benzene rings is 1. The maximum absolute atomic E-state index is 13.4. The molecule has 0 aromatic heterocycles. The molecule has 1 aromatic carbocycles. The highest BCUT2D eigenvalue weighted by molar-refractivity contribution is 5.71. The van der Waals surface area contributed by atoms with Gasteiger partial charge in [-0.05, 0) is 36.8 Å². The molecule has 0 radical (unpaired) electrons. The Morgan fingerprint density at radius 3 is 2.53 bits per heavy atom. The number of hydrogen-bond acceptors (Lipinski definition) is 2. The minimum absolute atomic E-state index is 0.219. The van der Waals surface area contributed by atoms with E-state index in [-0.39, 0.29) is 5.75 Å². The van der Waals surface area contributed by atoms with Crippen molar-refractivity contribution in [1.29, 1.82) is 0 Å². The number of halogens is 2. The number of hydrogen-bond donors (Lipinski definition) is 0. The third-order valence-electron chi connectivity index (χ3n) is 4.08. The Morgan fingerprint density at radius 2 is 1.89 bits per heavy atom. The van der Waals surface area contributed by atoms with Crippen molar-refractivity contribution in [3.05, 3.63) is 29.8 Å². The van der Waals surface area contributed by atoms with Gasteiger partial charge in [-0.25, -0.2) is 13.6 Å². The van der Waals surface area contributed by atoms with Crippen molar-refractivity contribution in [3.8, 4) is 5.75 Å². The number of carbonyl (C=O) groups excluding carboxylic acids is 1. The van der Waals surface area contributed by atoms with Crippen LogP contribution >= 0.6 is 0 Å². The Morgan fingerprint density at radius 1 is 1.21 bits per heavy atom. The molecule has 1 saturated heterocycles. The summed E-state index contributed by atoms with van der Waals surface area (Å²) in [4.78, 5) is 13.5. The second-order valence-corrected chi connectivity index (χ2v) is 5.30. The van der Waals surface area contributed by atoms with Crippen molar-refractivity contribution in [2.75, 3.05) is 13.1 Å². The molecule has 0 spiro atoms. The van der Waals surface area contributed by atoms with Gasteiger partial charge in [-0.1, -0.05) is 6.42 Å².